The smallest absolute Gasteiger partial charge is 0.307 e. The summed E-state index contributed by atoms with van der Waals surface area (Å²) in [6.45, 7) is 2.53. The number of nitrogens with one attached hydrogen (secondary N) is 2. The molecule has 0 atom stereocenters. The number of carbonyl (C=O) groups is 1. The number of rotatable bonds is 6. The molecule has 0 bridgehead atoms. The first kappa shape index (κ1) is 13.2. The summed E-state index contributed by atoms with van der Waals surface area (Å²) in [5, 5.41) is 6.13. The van der Waals surface area contributed by atoms with Crippen LogP contribution >= 0.6 is 0 Å². The van der Waals surface area contributed by atoms with Crippen LogP contribution in [0.4, 0.5) is 11.6 Å². The van der Waals surface area contributed by atoms with Crippen molar-refractivity contribution in [2.75, 3.05) is 31.3 Å². The molecule has 1 aromatic heterocycles. The molecule has 1 rings (SSSR count). The van der Waals surface area contributed by atoms with Gasteiger partial charge < -0.3 is 15.4 Å². The molecule has 0 aliphatic carbocycles. The normalized spacial score (nSPS) is 9.82. The first-order valence-electron chi connectivity index (χ1n) is 5.55. The molecular formula is C11H18N4O2. The maximum atomic E-state index is 11.0. The lowest BCUT2D eigenvalue weighted by Crippen LogP contribution is -2.13. The Morgan fingerprint density at radius 3 is 2.71 bits per heavy atom. The van der Waals surface area contributed by atoms with E-state index in [1.54, 1.807) is 0 Å². The van der Waals surface area contributed by atoms with Gasteiger partial charge in [0.2, 0.25) is 0 Å². The second-order valence-electron chi connectivity index (χ2n) is 3.41. The molecule has 0 amide bonds. The van der Waals surface area contributed by atoms with Gasteiger partial charge in [0.05, 0.1) is 13.5 Å². The topological polar surface area (TPSA) is 76.1 Å². The Labute approximate surface area is 101 Å². The number of hydrogen-bond donors (Lipinski definition) is 2. The van der Waals surface area contributed by atoms with E-state index < -0.39 is 0 Å². The fourth-order valence-electron chi connectivity index (χ4n) is 1.50. The molecule has 0 unspecified atom stereocenters. The van der Waals surface area contributed by atoms with Gasteiger partial charge in [0.1, 0.15) is 18.0 Å². The van der Waals surface area contributed by atoms with Gasteiger partial charge >= 0.3 is 5.97 Å². The summed E-state index contributed by atoms with van der Waals surface area (Å²) in [6.07, 6.45) is 2.63. The molecule has 0 radical (unpaired) electrons. The molecule has 6 heteroatoms. The average molecular weight is 238 g/mol. The molecular weight excluding hydrogens is 220 g/mol. The summed E-state index contributed by atoms with van der Waals surface area (Å²) in [5.41, 5.74) is 1.01. The number of nitrogens with zero attached hydrogens (tertiary/aromatic N) is 2. The zero-order chi connectivity index (χ0) is 12.7. The van der Waals surface area contributed by atoms with E-state index in [1.807, 2.05) is 14.0 Å². The molecule has 2 N–H and O–H groups in total. The number of hydrogen-bond acceptors (Lipinski definition) is 6. The van der Waals surface area contributed by atoms with Crippen molar-refractivity contribution in [1.82, 2.24) is 9.97 Å². The van der Waals surface area contributed by atoms with Crippen molar-refractivity contribution in [3.8, 4) is 0 Å². The molecule has 94 valence electrons. The van der Waals surface area contributed by atoms with Crippen LogP contribution in [0.2, 0.25) is 0 Å². The maximum Gasteiger partial charge on any atom is 0.307 e. The summed E-state index contributed by atoms with van der Waals surface area (Å²) in [6, 6.07) is 0. The van der Waals surface area contributed by atoms with Crippen molar-refractivity contribution in [3.63, 3.8) is 0 Å². The third-order valence-electron chi connectivity index (χ3n) is 2.38. The van der Waals surface area contributed by atoms with Crippen LogP contribution in [-0.4, -0.2) is 36.6 Å². The van der Waals surface area contributed by atoms with Gasteiger partial charge in [0, 0.05) is 19.2 Å². The molecule has 0 spiro atoms. The molecule has 0 aliphatic rings. The highest BCUT2D eigenvalue weighted by Crippen LogP contribution is 2.19. The van der Waals surface area contributed by atoms with E-state index >= 15 is 0 Å². The van der Waals surface area contributed by atoms with Gasteiger partial charge in [0.15, 0.2) is 0 Å². The molecule has 0 aromatic carbocycles. The van der Waals surface area contributed by atoms with Crippen LogP contribution in [-0.2, 0) is 16.0 Å². The van der Waals surface area contributed by atoms with Crippen LogP contribution in [0.1, 0.15) is 18.9 Å². The van der Waals surface area contributed by atoms with E-state index in [-0.39, 0.29) is 5.97 Å². The molecule has 6 nitrogen and oxygen atoms in total. The second-order valence-corrected chi connectivity index (χ2v) is 3.41. The summed E-state index contributed by atoms with van der Waals surface area (Å²) in [7, 11) is 3.20. The van der Waals surface area contributed by atoms with Gasteiger partial charge in [-0.25, -0.2) is 9.97 Å². The molecule has 0 saturated carbocycles. The lowest BCUT2D eigenvalue weighted by molar-refractivity contribution is -0.140. The van der Waals surface area contributed by atoms with Crippen LogP contribution in [0, 0.1) is 0 Å². The van der Waals surface area contributed by atoms with Crippen molar-refractivity contribution >= 4 is 17.6 Å². The summed E-state index contributed by atoms with van der Waals surface area (Å²) >= 11 is 0. The number of methoxy groups -OCH3 is 1. The standard InChI is InChI=1S/C11H18N4O2/c1-4-8-10(12-2)14-7-15-11(8)13-6-5-9(16)17-3/h7H,4-6H2,1-3H3,(H2,12,13,14,15). The van der Waals surface area contributed by atoms with Gasteiger partial charge in [-0.2, -0.15) is 0 Å². The predicted molar refractivity (Wildman–Crippen MR) is 66.1 cm³/mol. The van der Waals surface area contributed by atoms with Crippen LogP contribution < -0.4 is 10.6 Å². The van der Waals surface area contributed by atoms with E-state index in [0.29, 0.717) is 13.0 Å². The fourth-order valence-corrected chi connectivity index (χ4v) is 1.50. The van der Waals surface area contributed by atoms with Gasteiger partial charge in [-0.1, -0.05) is 6.92 Å². The summed E-state index contributed by atoms with van der Waals surface area (Å²) in [4.78, 5) is 19.3. The third-order valence-corrected chi connectivity index (χ3v) is 2.38. The van der Waals surface area contributed by atoms with Gasteiger partial charge in [0.25, 0.3) is 0 Å². The lowest BCUT2D eigenvalue weighted by Gasteiger charge is -2.12. The summed E-state index contributed by atoms with van der Waals surface area (Å²) in [5.74, 6) is 1.33. The maximum absolute atomic E-state index is 11.0. The number of carbonyl (C=O) groups excluding carboxylic acids is 1. The second kappa shape index (κ2) is 6.67. The number of anilines is 2. The first-order chi connectivity index (χ1) is 8.22. The zero-order valence-electron chi connectivity index (χ0n) is 10.4. The number of esters is 1. The van der Waals surface area contributed by atoms with Crippen LogP contribution in [0.15, 0.2) is 6.33 Å². The third kappa shape index (κ3) is 3.58. The highest BCUT2D eigenvalue weighted by atomic mass is 16.5. The Kier molecular flexibility index (Phi) is 5.19. The number of ether oxygens (including phenoxy) is 1. The zero-order valence-corrected chi connectivity index (χ0v) is 10.4. The predicted octanol–water partition coefficient (Wildman–Crippen LogP) is 1.06. The summed E-state index contributed by atoms with van der Waals surface area (Å²) < 4.78 is 4.57. The van der Waals surface area contributed by atoms with Crippen molar-refractivity contribution in [1.29, 1.82) is 0 Å². The lowest BCUT2D eigenvalue weighted by atomic mass is 10.2. The molecule has 0 saturated heterocycles. The Bertz CT molecular complexity index is 382. The Hall–Kier alpha value is -1.85. The van der Waals surface area contributed by atoms with Crippen molar-refractivity contribution < 1.29 is 9.53 Å². The van der Waals surface area contributed by atoms with Crippen LogP contribution in [0.25, 0.3) is 0 Å². The molecule has 0 aliphatic heterocycles. The first-order valence-corrected chi connectivity index (χ1v) is 5.55. The van der Waals surface area contributed by atoms with Crippen molar-refractivity contribution in [2.24, 2.45) is 0 Å². The van der Waals surface area contributed by atoms with E-state index in [1.165, 1.54) is 13.4 Å². The average Bonchev–Trinajstić information content (AvgIpc) is 2.37. The monoisotopic (exact) mass is 238 g/mol. The van der Waals surface area contributed by atoms with Crippen molar-refractivity contribution in [3.05, 3.63) is 11.9 Å². The fraction of sp³-hybridized carbons (Fsp3) is 0.545. The van der Waals surface area contributed by atoms with Gasteiger partial charge in [-0.05, 0) is 6.42 Å². The van der Waals surface area contributed by atoms with Crippen molar-refractivity contribution in [2.45, 2.75) is 19.8 Å². The Balaban J connectivity index is 2.67. The number of aromatic nitrogens is 2. The van der Waals surface area contributed by atoms with E-state index in [4.69, 9.17) is 0 Å². The van der Waals surface area contributed by atoms with Crippen LogP contribution in [0.3, 0.4) is 0 Å². The van der Waals surface area contributed by atoms with E-state index in [2.05, 4.69) is 25.3 Å². The minimum atomic E-state index is -0.238. The van der Waals surface area contributed by atoms with E-state index in [9.17, 15) is 4.79 Å². The highest BCUT2D eigenvalue weighted by molar-refractivity contribution is 5.70. The SMILES string of the molecule is CCc1c(NC)ncnc1NCCC(=O)OC. The Morgan fingerprint density at radius 1 is 1.41 bits per heavy atom. The minimum absolute atomic E-state index is 0.238. The van der Waals surface area contributed by atoms with Gasteiger partial charge in [-0.15, -0.1) is 0 Å². The minimum Gasteiger partial charge on any atom is -0.469 e. The quantitative estimate of drug-likeness (QED) is 0.722. The highest BCUT2D eigenvalue weighted by Gasteiger charge is 2.08. The molecule has 17 heavy (non-hydrogen) atoms. The van der Waals surface area contributed by atoms with E-state index in [0.717, 1.165) is 23.6 Å². The molecule has 0 fully saturated rings. The molecule has 1 aromatic rings. The van der Waals surface area contributed by atoms with Crippen LogP contribution in [0.5, 0.6) is 0 Å². The largest absolute Gasteiger partial charge is 0.469 e. The molecule has 1 heterocycles. The van der Waals surface area contributed by atoms with Gasteiger partial charge in [-0.3, -0.25) is 4.79 Å². The Morgan fingerprint density at radius 2 is 2.12 bits per heavy atom.